The lowest BCUT2D eigenvalue weighted by molar-refractivity contribution is -0.709. The molecule has 0 saturated carbocycles. The predicted molar refractivity (Wildman–Crippen MR) is 99.5 cm³/mol. The third-order valence-corrected chi connectivity index (χ3v) is 4.45. The number of halogens is 3. The first-order chi connectivity index (χ1) is 13.9. The van der Waals surface area contributed by atoms with Crippen molar-refractivity contribution in [1.82, 2.24) is 4.98 Å². The molecule has 1 unspecified atom stereocenters. The molecule has 10 heteroatoms. The van der Waals surface area contributed by atoms with Crippen LogP contribution in [0.3, 0.4) is 0 Å². The molecule has 0 amide bonds. The van der Waals surface area contributed by atoms with Gasteiger partial charge in [-0.1, -0.05) is 29.8 Å². The molecule has 3 aromatic rings. The van der Waals surface area contributed by atoms with Crippen molar-refractivity contribution >= 4 is 17.4 Å². The van der Waals surface area contributed by atoms with E-state index in [1.807, 2.05) is 0 Å². The Hall–Kier alpha value is -3.04. The van der Waals surface area contributed by atoms with Crippen molar-refractivity contribution in [2.45, 2.75) is 19.3 Å². The third kappa shape index (κ3) is 5.07. The zero-order chi connectivity index (χ0) is 21.0. The molecule has 0 radical (unpaired) electrons. The van der Waals surface area contributed by atoms with Crippen LogP contribution in [0.5, 0.6) is 6.01 Å². The molecule has 7 nitrogen and oxygen atoms in total. The van der Waals surface area contributed by atoms with Crippen molar-refractivity contribution in [2.75, 3.05) is 7.11 Å². The van der Waals surface area contributed by atoms with Crippen LogP contribution in [0, 0.1) is 21.7 Å². The van der Waals surface area contributed by atoms with Crippen molar-refractivity contribution < 1.29 is 27.7 Å². The molecule has 0 aliphatic carbocycles. The summed E-state index contributed by atoms with van der Waals surface area (Å²) >= 11 is 5.87. The molecule has 2 aromatic carbocycles. The van der Waals surface area contributed by atoms with Gasteiger partial charge in [0.25, 0.3) is 0 Å². The number of hydrogen-bond acceptors (Lipinski definition) is 4. The summed E-state index contributed by atoms with van der Waals surface area (Å²) in [7, 11) is 1.34. The van der Waals surface area contributed by atoms with Gasteiger partial charge in [0.15, 0.2) is 6.20 Å². The number of ether oxygens (including phenoxy) is 2. The quantitative estimate of drug-likeness (QED) is 0.335. The molecule has 0 spiro atoms. The van der Waals surface area contributed by atoms with Crippen molar-refractivity contribution in [1.29, 1.82) is 0 Å². The van der Waals surface area contributed by atoms with Gasteiger partial charge in [-0.05, 0) is 28.7 Å². The molecule has 0 aliphatic heterocycles. The average Bonchev–Trinajstić information content (AvgIpc) is 3.10. The number of nitrogens with zero attached hydrogens (tertiary/aromatic N) is 2. The number of nitrogens with one attached hydrogen (secondary N) is 1. The van der Waals surface area contributed by atoms with Crippen molar-refractivity contribution in [3.63, 3.8) is 0 Å². The number of aromatic amines is 1. The van der Waals surface area contributed by atoms with Crippen molar-refractivity contribution in [3.8, 4) is 6.01 Å². The Morgan fingerprint density at radius 3 is 2.59 bits per heavy atom. The number of nitro groups is 1. The van der Waals surface area contributed by atoms with E-state index in [1.165, 1.54) is 23.9 Å². The summed E-state index contributed by atoms with van der Waals surface area (Å²) in [5, 5.41) is 11.6. The average molecular weight is 425 g/mol. The van der Waals surface area contributed by atoms with Crippen LogP contribution in [-0.2, 0) is 17.9 Å². The van der Waals surface area contributed by atoms with E-state index in [2.05, 4.69) is 4.98 Å². The monoisotopic (exact) mass is 424 g/mol. The largest absolute Gasteiger partial charge is 0.457 e. The molecule has 1 heterocycles. The fourth-order valence-electron chi connectivity index (χ4n) is 2.78. The normalized spacial score (nSPS) is 12.0. The molecule has 1 N–H and O–H groups in total. The van der Waals surface area contributed by atoms with Crippen LogP contribution in [0.25, 0.3) is 0 Å². The third-order valence-electron chi connectivity index (χ3n) is 4.20. The molecule has 29 heavy (non-hydrogen) atoms. The second kappa shape index (κ2) is 8.97. The standard InChI is InChI=1S/C19H16ClF2N3O4/c1-28-19-23-18(25(26)27)10-24(19)9-17(15-7-6-14(21)8-16(15)22)29-11-12-2-4-13(20)5-3-12/h2-8,10,17H,9,11H2,1H3/p+1. The summed E-state index contributed by atoms with van der Waals surface area (Å²) in [6.07, 6.45) is 0.347. The van der Waals surface area contributed by atoms with E-state index < -0.39 is 22.7 Å². The minimum absolute atomic E-state index is 0.0103. The zero-order valence-corrected chi connectivity index (χ0v) is 16.0. The molecule has 3 rings (SSSR count). The molecule has 0 saturated heterocycles. The maximum atomic E-state index is 14.4. The van der Waals surface area contributed by atoms with Crippen LogP contribution < -0.4 is 9.30 Å². The maximum absolute atomic E-state index is 14.4. The van der Waals surface area contributed by atoms with E-state index >= 15 is 0 Å². The van der Waals surface area contributed by atoms with E-state index in [1.54, 1.807) is 24.3 Å². The van der Waals surface area contributed by atoms with Crippen LogP contribution in [0.15, 0.2) is 48.7 Å². The number of aromatic nitrogens is 2. The summed E-state index contributed by atoms with van der Waals surface area (Å²) in [5.74, 6) is -1.79. The Morgan fingerprint density at radius 1 is 1.24 bits per heavy atom. The highest BCUT2D eigenvalue weighted by Gasteiger charge is 2.26. The number of benzene rings is 2. The Morgan fingerprint density at radius 2 is 1.97 bits per heavy atom. The first kappa shape index (κ1) is 20.7. The van der Waals surface area contributed by atoms with Crippen LogP contribution in [0.1, 0.15) is 17.2 Å². The number of rotatable bonds is 8. The maximum Gasteiger partial charge on any atom is 0.457 e. The summed E-state index contributed by atoms with van der Waals surface area (Å²) in [6.45, 7) is 0.109. The SMILES string of the molecule is COc1[nH]c([N+](=O)[O-])c[n+]1CC(OCc1ccc(Cl)cc1)c1ccc(F)cc1F. The highest BCUT2D eigenvalue weighted by atomic mass is 35.5. The van der Waals surface area contributed by atoms with Gasteiger partial charge in [-0.25, -0.2) is 8.78 Å². The van der Waals surface area contributed by atoms with Gasteiger partial charge in [0, 0.05) is 16.7 Å². The molecule has 0 fully saturated rings. The summed E-state index contributed by atoms with van der Waals surface area (Å²) < 4.78 is 40.1. The zero-order valence-electron chi connectivity index (χ0n) is 15.3. The Labute approximate surface area is 169 Å². The fourth-order valence-corrected chi connectivity index (χ4v) is 2.90. The van der Waals surface area contributed by atoms with Crippen molar-refractivity contribution in [3.05, 3.63) is 86.6 Å². The van der Waals surface area contributed by atoms with Gasteiger partial charge in [-0.3, -0.25) is 0 Å². The van der Waals surface area contributed by atoms with Gasteiger partial charge < -0.3 is 19.6 Å². The van der Waals surface area contributed by atoms with E-state index in [0.717, 1.165) is 17.7 Å². The van der Waals surface area contributed by atoms with Crippen LogP contribution in [-0.4, -0.2) is 17.0 Å². The van der Waals surface area contributed by atoms with E-state index in [9.17, 15) is 18.9 Å². The minimum atomic E-state index is -0.874. The minimum Gasteiger partial charge on any atom is -0.434 e. The van der Waals surface area contributed by atoms with Gasteiger partial charge in [-0.15, -0.1) is 0 Å². The number of H-pyrrole nitrogens is 1. The lowest BCUT2D eigenvalue weighted by Crippen LogP contribution is -2.37. The number of imidazole rings is 1. The second-order valence-electron chi connectivity index (χ2n) is 6.15. The molecular weight excluding hydrogens is 408 g/mol. The number of methoxy groups -OCH3 is 1. The summed E-state index contributed by atoms with van der Waals surface area (Å²) in [5.41, 5.74) is 0.901. The first-order valence-corrected chi connectivity index (χ1v) is 8.87. The molecule has 152 valence electrons. The predicted octanol–water partition coefficient (Wildman–Crippen LogP) is 4.11. The van der Waals surface area contributed by atoms with E-state index in [-0.39, 0.29) is 30.5 Å². The van der Waals surface area contributed by atoms with Crippen molar-refractivity contribution in [2.24, 2.45) is 0 Å². The van der Waals surface area contributed by atoms with E-state index in [0.29, 0.717) is 5.02 Å². The van der Waals surface area contributed by atoms with Gasteiger partial charge in [0.05, 0.1) is 13.7 Å². The highest BCUT2D eigenvalue weighted by molar-refractivity contribution is 6.30. The fraction of sp³-hybridized carbons (Fsp3) is 0.211. The van der Waals surface area contributed by atoms with Gasteiger partial charge in [0.1, 0.15) is 24.3 Å². The summed E-state index contributed by atoms with van der Waals surface area (Å²) in [4.78, 5) is 12.9. The van der Waals surface area contributed by atoms with Crippen LogP contribution in [0.2, 0.25) is 5.02 Å². The van der Waals surface area contributed by atoms with E-state index in [4.69, 9.17) is 21.1 Å². The van der Waals surface area contributed by atoms with Crippen LogP contribution in [0.4, 0.5) is 14.6 Å². The first-order valence-electron chi connectivity index (χ1n) is 8.49. The van der Waals surface area contributed by atoms with Gasteiger partial charge >= 0.3 is 11.8 Å². The highest BCUT2D eigenvalue weighted by Crippen LogP contribution is 2.25. The lowest BCUT2D eigenvalue weighted by atomic mass is 10.1. The lowest BCUT2D eigenvalue weighted by Gasteiger charge is -2.18. The Bertz CT molecular complexity index is 1010. The van der Waals surface area contributed by atoms with Crippen LogP contribution >= 0.6 is 11.6 Å². The van der Waals surface area contributed by atoms with Gasteiger partial charge in [-0.2, -0.15) is 9.55 Å². The Balaban J connectivity index is 1.90. The molecule has 0 aliphatic rings. The molecule has 1 atom stereocenters. The second-order valence-corrected chi connectivity index (χ2v) is 6.59. The molecule has 1 aromatic heterocycles. The smallest absolute Gasteiger partial charge is 0.434 e. The summed E-state index contributed by atoms with van der Waals surface area (Å²) in [6, 6.07) is 10.2. The topological polar surface area (TPSA) is 81.3 Å². The molecular formula is C19H17ClF2N3O4+. The Kier molecular flexibility index (Phi) is 6.40. The number of hydrogen-bond donors (Lipinski definition) is 1. The van der Waals surface area contributed by atoms with Gasteiger partial charge in [0.2, 0.25) is 0 Å². The molecule has 0 bridgehead atoms.